The van der Waals surface area contributed by atoms with E-state index in [2.05, 4.69) is 15.5 Å². The monoisotopic (exact) mass is 475 g/mol. The molecular formula is C26H26FN5O3. The molecule has 2 amide bonds. The predicted octanol–water partition coefficient (Wildman–Crippen LogP) is 2.46. The van der Waals surface area contributed by atoms with Gasteiger partial charge in [0.15, 0.2) is 0 Å². The number of H-pyrrole nitrogens is 1. The van der Waals surface area contributed by atoms with Gasteiger partial charge in [0, 0.05) is 50.3 Å². The van der Waals surface area contributed by atoms with Crippen molar-refractivity contribution in [3.8, 4) is 0 Å². The molecule has 0 saturated carbocycles. The summed E-state index contributed by atoms with van der Waals surface area (Å²) < 4.78 is 14.7. The molecule has 1 aromatic heterocycles. The Morgan fingerprint density at radius 3 is 2.43 bits per heavy atom. The SMILES string of the molecule is O=C(c1ccccc1)N1CCN(C(=O)c2cc(Cc3n[nH]c(=O)c4c3NCCC4)ccc2F)CC1. The van der Waals surface area contributed by atoms with Crippen LogP contribution in [-0.2, 0) is 12.8 Å². The Hall–Kier alpha value is -4.01. The fourth-order valence-corrected chi connectivity index (χ4v) is 4.67. The standard InChI is InChI=1S/C26H26FN5O3/c27-21-9-8-17(16-22-23-19(7-4-10-28-23)24(33)30-29-22)15-20(21)26(35)32-13-11-31(12-14-32)25(34)18-5-2-1-3-6-18/h1-3,5-6,8-9,15,28H,4,7,10-14,16H2,(H,30,33). The lowest BCUT2D eigenvalue weighted by Crippen LogP contribution is -2.50. The zero-order valence-electron chi connectivity index (χ0n) is 19.2. The van der Waals surface area contributed by atoms with Crippen LogP contribution in [0.15, 0.2) is 53.3 Å². The quantitative estimate of drug-likeness (QED) is 0.604. The molecule has 2 aliphatic rings. The minimum Gasteiger partial charge on any atom is -0.383 e. The number of nitrogens with zero attached hydrogens (tertiary/aromatic N) is 3. The molecule has 5 rings (SSSR count). The number of aromatic nitrogens is 2. The Morgan fingerprint density at radius 1 is 0.971 bits per heavy atom. The maximum atomic E-state index is 14.7. The number of hydrogen-bond donors (Lipinski definition) is 2. The summed E-state index contributed by atoms with van der Waals surface area (Å²) in [7, 11) is 0. The maximum Gasteiger partial charge on any atom is 0.269 e. The number of nitrogens with one attached hydrogen (secondary N) is 2. The largest absolute Gasteiger partial charge is 0.383 e. The van der Waals surface area contributed by atoms with Gasteiger partial charge in [0.1, 0.15) is 5.82 Å². The highest BCUT2D eigenvalue weighted by Crippen LogP contribution is 2.24. The van der Waals surface area contributed by atoms with Gasteiger partial charge in [-0.05, 0) is 42.7 Å². The fourth-order valence-electron chi connectivity index (χ4n) is 4.67. The van der Waals surface area contributed by atoms with E-state index in [4.69, 9.17) is 0 Å². The summed E-state index contributed by atoms with van der Waals surface area (Å²) >= 11 is 0. The second kappa shape index (κ2) is 9.69. The van der Waals surface area contributed by atoms with Crippen molar-refractivity contribution in [2.24, 2.45) is 0 Å². The normalized spacial score (nSPS) is 15.3. The molecule has 0 atom stereocenters. The number of piperazine rings is 1. The first-order valence-electron chi connectivity index (χ1n) is 11.8. The lowest BCUT2D eigenvalue weighted by Gasteiger charge is -2.35. The molecule has 9 heteroatoms. The number of aromatic amines is 1. The molecule has 0 spiro atoms. The van der Waals surface area contributed by atoms with Crippen LogP contribution in [0.25, 0.3) is 0 Å². The van der Waals surface area contributed by atoms with Crippen molar-refractivity contribution < 1.29 is 14.0 Å². The number of fused-ring (bicyclic) bond motifs is 1. The molecule has 0 aliphatic carbocycles. The van der Waals surface area contributed by atoms with Crippen LogP contribution in [0.5, 0.6) is 0 Å². The zero-order valence-corrected chi connectivity index (χ0v) is 19.2. The van der Waals surface area contributed by atoms with E-state index in [0.29, 0.717) is 55.8 Å². The molecule has 0 unspecified atom stereocenters. The molecule has 1 saturated heterocycles. The summed E-state index contributed by atoms with van der Waals surface area (Å²) in [4.78, 5) is 41.2. The van der Waals surface area contributed by atoms with E-state index in [1.165, 1.54) is 6.07 Å². The first kappa shape index (κ1) is 22.8. The van der Waals surface area contributed by atoms with E-state index < -0.39 is 11.7 Å². The van der Waals surface area contributed by atoms with E-state index in [9.17, 15) is 18.8 Å². The molecule has 0 bridgehead atoms. The first-order chi connectivity index (χ1) is 17.0. The minimum atomic E-state index is -0.587. The van der Waals surface area contributed by atoms with E-state index in [1.807, 2.05) is 18.2 Å². The Morgan fingerprint density at radius 2 is 1.69 bits per heavy atom. The molecular weight excluding hydrogens is 449 g/mol. The van der Waals surface area contributed by atoms with Gasteiger partial charge in [-0.1, -0.05) is 24.3 Å². The summed E-state index contributed by atoms with van der Waals surface area (Å²) in [5, 5.41) is 10.00. The van der Waals surface area contributed by atoms with Gasteiger partial charge in [-0.15, -0.1) is 0 Å². The highest BCUT2D eigenvalue weighted by Gasteiger charge is 2.27. The van der Waals surface area contributed by atoms with Crippen LogP contribution in [0.3, 0.4) is 0 Å². The number of benzene rings is 2. The third-order valence-corrected chi connectivity index (χ3v) is 6.57. The van der Waals surface area contributed by atoms with Gasteiger partial charge in [0.2, 0.25) is 0 Å². The smallest absolute Gasteiger partial charge is 0.269 e. The fraction of sp³-hybridized carbons (Fsp3) is 0.308. The van der Waals surface area contributed by atoms with Crippen LogP contribution in [0.1, 0.15) is 44.0 Å². The molecule has 2 N–H and O–H groups in total. The Balaban J connectivity index is 1.29. The van der Waals surface area contributed by atoms with Crippen LogP contribution in [0.2, 0.25) is 0 Å². The van der Waals surface area contributed by atoms with Crippen molar-refractivity contribution in [3.05, 3.63) is 92.6 Å². The summed E-state index contributed by atoms with van der Waals surface area (Å²) in [6.07, 6.45) is 1.91. The number of anilines is 1. The lowest BCUT2D eigenvalue weighted by molar-refractivity contribution is 0.0532. The van der Waals surface area contributed by atoms with Crippen molar-refractivity contribution >= 4 is 17.5 Å². The molecule has 2 aromatic carbocycles. The van der Waals surface area contributed by atoms with Crippen molar-refractivity contribution in [2.75, 3.05) is 38.0 Å². The second-order valence-electron chi connectivity index (χ2n) is 8.82. The molecule has 180 valence electrons. The lowest BCUT2D eigenvalue weighted by atomic mass is 9.99. The number of carbonyl (C=O) groups excluding carboxylic acids is 2. The third-order valence-electron chi connectivity index (χ3n) is 6.57. The molecule has 35 heavy (non-hydrogen) atoms. The highest BCUT2D eigenvalue weighted by molar-refractivity contribution is 5.96. The van der Waals surface area contributed by atoms with E-state index in [0.717, 1.165) is 24.2 Å². The molecule has 2 aliphatic heterocycles. The summed E-state index contributed by atoms with van der Waals surface area (Å²) in [6.45, 7) is 2.21. The van der Waals surface area contributed by atoms with Crippen molar-refractivity contribution in [1.82, 2.24) is 20.0 Å². The van der Waals surface area contributed by atoms with Gasteiger partial charge in [-0.25, -0.2) is 9.49 Å². The van der Waals surface area contributed by atoms with Crippen LogP contribution >= 0.6 is 0 Å². The summed E-state index contributed by atoms with van der Waals surface area (Å²) in [6, 6.07) is 13.5. The van der Waals surface area contributed by atoms with Crippen molar-refractivity contribution in [2.45, 2.75) is 19.3 Å². The van der Waals surface area contributed by atoms with Crippen molar-refractivity contribution in [3.63, 3.8) is 0 Å². The average Bonchev–Trinajstić information content (AvgIpc) is 2.91. The van der Waals surface area contributed by atoms with Crippen molar-refractivity contribution in [1.29, 1.82) is 0 Å². The predicted molar refractivity (Wildman–Crippen MR) is 129 cm³/mol. The van der Waals surface area contributed by atoms with Gasteiger partial charge in [-0.2, -0.15) is 5.10 Å². The Bertz CT molecular complexity index is 1320. The van der Waals surface area contributed by atoms with Gasteiger partial charge < -0.3 is 15.1 Å². The van der Waals surface area contributed by atoms with E-state index in [1.54, 1.807) is 34.1 Å². The highest BCUT2D eigenvalue weighted by atomic mass is 19.1. The van der Waals surface area contributed by atoms with Gasteiger partial charge in [0.25, 0.3) is 17.4 Å². The van der Waals surface area contributed by atoms with Crippen LogP contribution in [-0.4, -0.2) is 64.5 Å². The maximum absolute atomic E-state index is 14.7. The van der Waals surface area contributed by atoms with Crippen LogP contribution in [0.4, 0.5) is 10.1 Å². The number of hydrogen-bond acceptors (Lipinski definition) is 5. The Labute approximate surface area is 201 Å². The third kappa shape index (κ3) is 4.66. The van der Waals surface area contributed by atoms with Gasteiger partial charge in [0.05, 0.1) is 16.9 Å². The average molecular weight is 476 g/mol. The van der Waals surface area contributed by atoms with Crippen LogP contribution in [0, 0.1) is 5.82 Å². The number of amides is 2. The summed E-state index contributed by atoms with van der Waals surface area (Å²) in [5.74, 6) is -1.06. The molecule has 1 fully saturated rings. The molecule has 8 nitrogen and oxygen atoms in total. The van der Waals surface area contributed by atoms with E-state index >= 15 is 0 Å². The summed E-state index contributed by atoms with van der Waals surface area (Å²) in [5.41, 5.74) is 3.21. The number of rotatable bonds is 4. The first-order valence-corrected chi connectivity index (χ1v) is 11.8. The van der Waals surface area contributed by atoms with Crippen LogP contribution < -0.4 is 10.9 Å². The van der Waals surface area contributed by atoms with Gasteiger partial charge >= 0.3 is 0 Å². The molecule has 0 radical (unpaired) electrons. The van der Waals surface area contributed by atoms with Gasteiger partial charge in [-0.3, -0.25) is 14.4 Å². The number of carbonyl (C=O) groups is 2. The minimum absolute atomic E-state index is 0.00316. The van der Waals surface area contributed by atoms with E-state index in [-0.39, 0.29) is 17.0 Å². The Kier molecular flexibility index (Phi) is 6.31. The zero-order chi connectivity index (χ0) is 24.4. The number of halogens is 1. The molecule has 3 heterocycles. The topological polar surface area (TPSA) is 98.4 Å². The second-order valence-corrected chi connectivity index (χ2v) is 8.82. The molecule has 3 aromatic rings.